The molecule has 0 radical (unpaired) electrons. The average molecular weight is 471 g/mol. The second kappa shape index (κ2) is 11.3. The smallest absolute Gasteiger partial charge is 0.243 e. The highest BCUT2D eigenvalue weighted by atomic mass is 16.5. The van der Waals surface area contributed by atoms with Gasteiger partial charge in [0.25, 0.3) is 0 Å². The van der Waals surface area contributed by atoms with Gasteiger partial charge in [0.2, 0.25) is 5.88 Å². The summed E-state index contributed by atoms with van der Waals surface area (Å²) in [4.78, 5) is 4.49. The topological polar surface area (TPSA) is 86.8 Å². The first-order valence-corrected chi connectivity index (χ1v) is 11.9. The first-order valence-electron chi connectivity index (χ1n) is 11.9. The zero-order valence-corrected chi connectivity index (χ0v) is 20.4. The van der Waals surface area contributed by atoms with Crippen LogP contribution in [0.2, 0.25) is 0 Å². The summed E-state index contributed by atoms with van der Waals surface area (Å²) in [7, 11) is 1.66. The Morgan fingerprint density at radius 1 is 1.09 bits per heavy atom. The SMILES string of the molecule is CCCC(C)c1ccccc1Oc1ncccc1Nc1cc(C=[NH2+])n(Cc2ccc(OC)cc2)n1. The third-order valence-electron chi connectivity index (χ3n) is 5.89. The third-order valence-corrected chi connectivity index (χ3v) is 5.89. The molecule has 0 aliphatic heterocycles. The van der Waals surface area contributed by atoms with Crippen LogP contribution in [0.1, 0.15) is 49.4 Å². The van der Waals surface area contributed by atoms with Gasteiger partial charge in [0.05, 0.1) is 13.7 Å². The van der Waals surface area contributed by atoms with Crippen molar-refractivity contribution in [3.63, 3.8) is 0 Å². The number of pyridine rings is 1. The molecule has 0 amide bonds. The minimum Gasteiger partial charge on any atom is -0.497 e. The molecule has 0 aliphatic carbocycles. The van der Waals surface area contributed by atoms with Gasteiger partial charge < -0.3 is 14.8 Å². The van der Waals surface area contributed by atoms with Gasteiger partial charge in [0, 0.05) is 12.3 Å². The van der Waals surface area contributed by atoms with Crippen molar-refractivity contribution in [1.29, 1.82) is 0 Å². The van der Waals surface area contributed by atoms with Crippen molar-refractivity contribution in [2.45, 2.75) is 39.2 Å². The van der Waals surface area contributed by atoms with E-state index in [-0.39, 0.29) is 0 Å². The molecule has 0 saturated carbocycles. The Morgan fingerprint density at radius 2 is 1.89 bits per heavy atom. The van der Waals surface area contributed by atoms with Crippen LogP contribution in [0.4, 0.5) is 11.5 Å². The quantitative estimate of drug-likeness (QED) is 0.303. The van der Waals surface area contributed by atoms with Crippen molar-refractivity contribution >= 4 is 17.7 Å². The highest BCUT2D eigenvalue weighted by molar-refractivity contribution is 5.75. The van der Waals surface area contributed by atoms with Crippen molar-refractivity contribution in [3.05, 3.63) is 89.7 Å². The van der Waals surface area contributed by atoms with Gasteiger partial charge in [-0.15, -0.1) is 0 Å². The summed E-state index contributed by atoms with van der Waals surface area (Å²) in [6.45, 7) is 5.00. The van der Waals surface area contributed by atoms with E-state index in [0.29, 0.717) is 24.2 Å². The summed E-state index contributed by atoms with van der Waals surface area (Å²) < 4.78 is 13.4. The van der Waals surface area contributed by atoms with Gasteiger partial charge in [-0.05, 0) is 53.8 Å². The Balaban J connectivity index is 1.56. The predicted molar refractivity (Wildman–Crippen MR) is 139 cm³/mol. The maximum Gasteiger partial charge on any atom is 0.243 e. The fourth-order valence-corrected chi connectivity index (χ4v) is 4.04. The van der Waals surface area contributed by atoms with Crippen LogP contribution >= 0.6 is 0 Å². The van der Waals surface area contributed by atoms with Gasteiger partial charge in [-0.1, -0.05) is 50.6 Å². The van der Waals surface area contributed by atoms with Gasteiger partial charge in [0.1, 0.15) is 22.9 Å². The number of aromatic nitrogens is 3. The molecule has 0 aliphatic rings. The molecule has 2 aromatic carbocycles. The molecule has 2 aromatic heterocycles. The van der Waals surface area contributed by atoms with Gasteiger partial charge >= 0.3 is 0 Å². The van der Waals surface area contributed by atoms with Crippen molar-refractivity contribution in [2.24, 2.45) is 0 Å². The molecule has 4 aromatic rings. The largest absolute Gasteiger partial charge is 0.497 e. The number of benzene rings is 2. The molecule has 7 heteroatoms. The van der Waals surface area contributed by atoms with E-state index in [0.717, 1.165) is 41.3 Å². The van der Waals surface area contributed by atoms with Gasteiger partial charge in [-0.2, -0.15) is 5.10 Å². The summed E-state index contributed by atoms with van der Waals surface area (Å²) in [6.07, 6.45) is 5.48. The van der Waals surface area contributed by atoms with Crippen LogP contribution in [0.25, 0.3) is 0 Å². The monoisotopic (exact) mass is 470 g/mol. The Morgan fingerprint density at radius 3 is 2.63 bits per heavy atom. The lowest BCUT2D eigenvalue weighted by molar-refractivity contribution is -0.105. The molecule has 1 atom stereocenters. The predicted octanol–water partition coefficient (Wildman–Crippen LogP) is 4.95. The molecule has 0 bridgehead atoms. The third kappa shape index (κ3) is 5.87. The molecule has 0 saturated heterocycles. The molecule has 0 fully saturated rings. The second-order valence-corrected chi connectivity index (χ2v) is 8.44. The van der Waals surface area contributed by atoms with Crippen LogP contribution in [-0.4, -0.2) is 28.1 Å². The van der Waals surface area contributed by atoms with Crippen molar-refractivity contribution in [2.75, 3.05) is 12.4 Å². The van der Waals surface area contributed by atoms with E-state index >= 15 is 0 Å². The van der Waals surface area contributed by atoms with Crippen LogP contribution < -0.4 is 20.2 Å². The number of methoxy groups -OCH3 is 1. The van der Waals surface area contributed by atoms with E-state index in [2.05, 4.69) is 30.2 Å². The lowest BCUT2D eigenvalue weighted by Gasteiger charge is -2.17. The summed E-state index contributed by atoms with van der Waals surface area (Å²) in [5.41, 5.74) is 3.79. The number of para-hydroxylation sites is 1. The zero-order valence-electron chi connectivity index (χ0n) is 20.4. The number of hydrogen-bond donors (Lipinski definition) is 2. The van der Waals surface area contributed by atoms with E-state index in [1.807, 2.05) is 65.3 Å². The molecule has 180 valence electrons. The molecular weight excluding hydrogens is 438 g/mol. The van der Waals surface area contributed by atoms with E-state index in [1.165, 1.54) is 5.56 Å². The number of nitrogens with one attached hydrogen (secondary N) is 1. The van der Waals surface area contributed by atoms with Crippen molar-refractivity contribution < 1.29 is 14.9 Å². The molecule has 35 heavy (non-hydrogen) atoms. The van der Waals surface area contributed by atoms with E-state index in [4.69, 9.17) is 20.0 Å². The minimum atomic E-state index is 0.396. The van der Waals surface area contributed by atoms with Crippen LogP contribution in [0, 0.1) is 0 Å². The maximum atomic E-state index is 6.31. The molecule has 4 rings (SSSR count). The van der Waals surface area contributed by atoms with Crippen LogP contribution in [0.5, 0.6) is 17.4 Å². The number of ether oxygens (including phenoxy) is 2. The Hall–Kier alpha value is -4.13. The summed E-state index contributed by atoms with van der Waals surface area (Å²) in [6, 6.07) is 21.7. The molecule has 1 unspecified atom stereocenters. The average Bonchev–Trinajstić information content (AvgIpc) is 3.27. The number of hydrogen-bond acceptors (Lipinski definition) is 5. The second-order valence-electron chi connectivity index (χ2n) is 8.44. The standard InChI is InChI=1S/C28H31N5O2/c1-4-8-20(2)24-9-5-6-11-26(24)35-28-25(10-7-16-30-28)31-27-17-22(18-29)33(32-27)19-21-12-14-23(34-3)15-13-21/h5-7,9-18,20,29H,4,8,19H2,1-3H3,(H,31,32)/p+1. The van der Waals surface area contributed by atoms with Gasteiger partial charge in [0.15, 0.2) is 12.0 Å². The molecular formula is C28H32N5O2+. The summed E-state index contributed by atoms with van der Waals surface area (Å²) in [5, 5.41) is 14.0. The van der Waals surface area contributed by atoms with E-state index in [1.54, 1.807) is 19.5 Å². The molecule has 3 N–H and O–H groups in total. The first-order chi connectivity index (χ1) is 17.1. The van der Waals surface area contributed by atoms with Crippen LogP contribution in [-0.2, 0) is 6.54 Å². The number of nitrogens with two attached hydrogens (primary N) is 1. The fourth-order valence-electron chi connectivity index (χ4n) is 4.04. The first kappa shape index (κ1) is 24.0. The maximum absolute atomic E-state index is 6.31. The molecule has 7 nitrogen and oxygen atoms in total. The highest BCUT2D eigenvalue weighted by Gasteiger charge is 2.15. The molecule has 0 spiro atoms. The Kier molecular flexibility index (Phi) is 7.77. The molecule has 2 heterocycles. The number of nitrogens with zero attached hydrogens (tertiary/aromatic N) is 3. The van der Waals surface area contributed by atoms with Gasteiger partial charge in [-0.25, -0.2) is 4.98 Å². The van der Waals surface area contributed by atoms with Crippen molar-refractivity contribution in [1.82, 2.24) is 14.8 Å². The van der Waals surface area contributed by atoms with Gasteiger partial charge in [-0.3, -0.25) is 10.1 Å². The lowest BCUT2D eigenvalue weighted by atomic mass is 9.96. The Labute approximate surface area is 206 Å². The van der Waals surface area contributed by atoms with E-state index in [9.17, 15) is 0 Å². The number of anilines is 2. The number of rotatable bonds is 11. The minimum absolute atomic E-state index is 0.396. The van der Waals surface area contributed by atoms with Crippen molar-refractivity contribution in [3.8, 4) is 17.4 Å². The van der Waals surface area contributed by atoms with Crippen LogP contribution in [0.3, 0.4) is 0 Å². The summed E-state index contributed by atoms with van der Waals surface area (Å²) >= 11 is 0. The highest BCUT2D eigenvalue weighted by Crippen LogP contribution is 2.35. The Bertz CT molecular complexity index is 1270. The van der Waals surface area contributed by atoms with Crippen LogP contribution in [0.15, 0.2) is 72.9 Å². The lowest BCUT2D eigenvalue weighted by Crippen LogP contribution is -2.31. The van der Waals surface area contributed by atoms with E-state index < -0.39 is 0 Å². The normalized spacial score (nSPS) is 11.6. The zero-order chi connectivity index (χ0) is 24.6. The summed E-state index contributed by atoms with van der Waals surface area (Å²) in [5.74, 6) is 3.17. The fraction of sp³-hybridized carbons (Fsp3) is 0.250.